The fraction of sp³-hybridized carbons (Fsp3) is 0.909. The van der Waals surface area contributed by atoms with Gasteiger partial charge >= 0.3 is 0 Å². The molecule has 3 nitrogen and oxygen atoms in total. The number of carbonyl (C=O) groups is 1. The van der Waals surface area contributed by atoms with E-state index in [4.69, 9.17) is 5.73 Å². The lowest BCUT2D eigenvalue weighted by atomic mass is 9.93. The van der Waals surface area contributed by atoms with Gasteiger partial charge in [-0.05, 0) is 18.2 Å². The van der Waals surface area contributed by atoms with Gasteiger partial charge in [-0.3, -0.25) is 4.79 Å². The van der Waals surface area contributed by atoms with Crippen LogP contribution in [0, 0.1) is 11.3 Å². The van der Waals surface area contributed by atoms with Crippen molar-refractivity contribution in [1.82, 2.24) is 4.90 Å². The van der Waals surface area contributed by atoms with Gasteiger partial charge in [-0.25, -0.2) is 0 Å². The Morgan fingerprint density at radius 1 is 1.50 bits per heavy atom. The number of thioether (sulfide) groups is 1. The summed E-state index contributed by atoms with van der Waals surface area (Å²) in [5.74, 6) is 1.19. The SMILES string of the molecule is CSCC(C)C(=O)N(C)CC(C)(C)CN.Cl. The van der Waals surface area contributed by atoms with Crippen LogP contribution in [0.3, 0.4) is 0 Å². The molecule has 98 valence electrons. The van der Waals surface area contributed by atoms with E-state index in [1.54, 1.807) is 16.7 Å². The minimum absolute atomic E-state index is 0. The minimum atomic E-state index is 0. The number of carbonyl (C=O) groups excluding carboxylic acids is 1. The lowest BCUT2D eigenvalue weighted by Gasteiger charge is -2.30. The largest absolute Gasteiger partial charge is 0.345 e. The number of hydrogen-bond donors (Lipinski definition) is 1. The van der Waals surface area contributed by atoms with Gasteiger partial charge in [0.2, 0.25) is 5.91 Å². The Morgan fingerprint density at radius 3 is 2.38 bits per heavy atom. The highest BCUT2D eigenvalue weighted by molar-refractivity contribution is 7.98. The van der Waals surface area contributed by atoms with E-state index in [9.17, 15) is 4.79 Å². The summed E-state index contributed by atoms with van der Waals surface area (Å²) in [5.41, 5.74) is 5.65. The molecular formula is C11H25ClN2OS. The van der Waals surface area contributed by atoms with Crippen LogP contribution < -0.4 is 5.73 Å². The maximum atomic E-state index is 11.9. The second-order valence-electron chi connectivity index (χ2n) is 4.92. The van der Waals surface area contributed by atoms with E-state index in [-0.39, 0.29) is 29.6 Å². The first kappa shape index (κ1) is 18.4. The summed E-state index contributed by atoms with van der Waals surface area (Å²) < 4.78 is 0. The van der Waals surface area contributed by atoms with Crippen LogP contribution in [0.5, 0.6) is 0 Å². The molecule has 1 amide bonds. The van der Waals surface area contributed by atoms with Crippen molar-refractivity contribution in [1.29, 1.82) is 0 Å². The Hall–Kier alpha value is 0.0700. The summed E-state index contributed by atoms with van der Waals surface area (Å²) >= 11 is 1.71. The second-order valence-corrected chi connectivity index (χ2v) is 5.83. The highest BCUT2D eigenvalue weighted by Crippen LogP contribution is 2.16. The summed E-state index contributed by atoms with van der Waals surface area (Å²) in [6.07, 6.45) is 2.02. The molecule has 0 heterocycles. The molecule has 0 spiro atoms. The normalized spacial score (nSPS) is 12.9. The van der Waals surface area contributed by atoms with Gasteiger partial charge < -0.3 is 10.6 Å². The third-order valence-electron chi connectivity index (χ3n) is 2.43. The van der Waals surface area contributed by atoms with E-state index in [0.717, 1.165) is 12.3 Å². The molecule has 0 aromatic carbocycles. The molecule has 0 aromatic heterocycles. The topological polar surface area (TPSA) is 46.3 Å². The molecule has 1 atom stereocenters. The van der Waals surface area contributed by atoms with Crippen LogP contribution in [-0.4, -0.2) is 43.0 Å². The lowest BCUT2D eigenvalue weighted by Crippen LogP contribution is -2.42. The van der Waals surface area contributed by atoms with Crippen molar-refractivity contribution >= 4 is 30.1 Å². The number of nitrogens with two attached hydrogens (primary N) is 1. The molecule has 0 saturated carbocycles. The maximum Gasteiger partial charge on any atom is 0.225 e. The number of halogens is 1. The van der Waals surface area contributed by atoms with Crippen molar-refractivity contribution in [2.24, 2.45) is 17.1 Å². The average Bonchev–Trinajstić information content (AvgIpc) is 2.16. The molecule has 0 radical (unpaired) electrons. The predicted octanol–water partition coefficient (Wildman–Crippen LogP) is 1.85. The summed E-state index contributed by atoms with van der Waals surface area (Å²) in [6, 6.07) is 0. The van der Waals surface area contributed by atoms with Gasteiger partial charge in [-0.1, -0.05) is 20.8 Å². The molecule has 1 unspecified atom stereocenters. The number of amides is 1. The van der Waals surface area contributed by atoms with E-state index in [1.165, 1.54) is 0 Å². The molecule has 2 N–H and O–H groups in total. The Balaban J connectivity index is 0. The van der Waals surface area contributed by atoms with E-state index in [0.29, 0.717) is 6.54 Å². The zero-order valence-corrected chi connectivity index (χ0v) is 12.6. The Kier molecular flexibility index (Phi) is 9.45. The van der Waals surface area contributed by atoms with E-state index in [1.807, 2.05) is 20.2 Å². The van der Waals surface area contributed by atoms with Crippen molar-refractivity contribution < 1.29 is 4.79 Å². The van der Waals surface area contributed by atoms with Crippen LogP contribution in [0.15, 0.2) is 0 Å². The molecule has 0 aromatic rings. The molecule has 16 heavy (non-hydrogen) atoms. The average molecular weight is 269 g/mol. The molecule has 0 fully saturated rings. The van der Waals surface area contributed by atoms with E-state index in [2.05, 4.69) is 13.8 Å². The monoisotopic (exact) mass is 268 g/mol. The van der Waals surface area contributed by atoms with Gasteiger partial charge in [-0.2, -0.15) is 11.8 Å². The first-order chi connectivity index (χ1) is 6.84. The molecular weight excluding hydrogens is 244 g/mol. The van der Waals surface area contributed by atoms with Crippen LogP contribution >= 0.6 is 24.2 Å². The molecule has 0 aliphatic carbocycles. The highest BCUT2D eigenvalue weighted by atomic mass is 35.5. The predicted molar refractivity (Wildman–Crippen MR) is 75.3 cm³/mol. The highest BCUT2D eigenvalue weighted by Gasteiger charge is 2.23. The fourth-order valence-electron chi connectivity index (χ4n) is 1.48. The van der Waals surface area contributed by atoms with Crippen LogP contribution in [-0.2, 0) is 4.79 Å². The van der Waals surface area contributed by atoms with Crippen molar-refractivity contribution in [2.75, 3.05) is 32.1 Å². The molecule has 5 heteroatoms. The maximum absolute atomic E-state index is 11.9. The zero-order chi connectivity index (χ0) is 12.1. The zero-order valence-electron chi connectivity index (χ0n) is 10.9. The molecule has 0 aliphatic heterocycles. The van der Waals surface area contributed by atoms with Crippen LogP contribution in [0.2, 0.25) is 0 Å². The van der Waals surface area contributed by atoms with Gasteiger partial charge in [0.05, 0.1) is 0 Å². The third kappa shape index (κ3) is 6.61. The van der Waals surface area contributed by atoms with Crippen molar-refractivity contribution in [2.45, 2.75) is 20.8 Å². The van der Waals surface area contributed by atoms with Crippen molar-refractivity contribution in [3.63, 3.8) is 0 Å². The summed E-state index contributed by atoms with van der Waals surface area (Å²) in [6.45, 7) is 7.46. The van der Waals surface area contributed by atoms with Crippen molar-refractivity contribution in [3.05, 3.63) is 0 Å². The van der Waals surface area contributed by atoms with Crippen LogP contribution in [0.25, 0.3) is 0 Å². The number of hydrogen-bond acceptors (Lipinski definition) is 3. The third-order valence-corrected chi connectivity index (χ3v) is 3.27. The molecule has 0 aliphatic rings. The number of nitrogens with zero attached hydrogens (tertiary/aromatic N) is 1. The smallest absolute Gasteiger partial charge is 0.225 e. The number of rotatable bonds is 6. The van der Waals surface area contributed by atoms with E-state index >= 15 is 0 Å². The molecule has 0 bridgehead atoms. The first-order valence-electron chi connectivity index (χ1n) is 5.28. The van der Waals surface area contributed by atoms with Gasteiger partial charge in [0.15, 0.2) is 0 Å². The Bertz CT molecular complexity index is 212. The second kappa shape index (κ2) is 8.20. The standard InChI is InChI=1S/C11H24N2OS.ClH/c1-9(6-15-5)10(14)13(4)8-11(2,3)7-12;/h9H,6-8,12H2,1-5H3;1H. The van der Waals surface area contributed by atoms with Gasteiger partial charge in [0.25, 0.3) is 0 Å². The fourth-order valence-corrected chi connectivity index (χ4v) is 2.12. The quantitative estimate of drug-likeness (QED) is 0.800. The van der Waals surface area contributed by atoms with Gasteiger partial charge in [0.1, 0.15) is 0 Å². The summed E-state index contributed by atoms with van der Waals surface area (Å²) in [7, 11) is 1.86. The van der Waals surface area contributed by atoms with Crippen LogP contribution in [0.4, 0.5) is 0 Å². The summed E-state index contributed by atoms with van der Waals surface area (Å²) in [5, 5.41) is 0. The van der Waals surface area contributed by atoms with Gasteiger partial charge in [-0.15, -0.1) is 12.4 Å². The Labute approximate surface area is 110 Å². The van der Waals surface area contributed by atoms with Crippen LogP contribution in [0.1, 0.15) is 20.8 Å². The lowest BCUT2D eigenvalue weighted by molar-refractivity contribution is -0.134. The van der Waals surface area contributed by atoms with Crippen molar-refractivity contribution in [3.8, 4) is 0 Å². The molecule has 0 saturated heterocycles. The van der Waals surface area contributed by atoms with Gasteiger partial charge in [0, 0.05) is 25.3 Å². The molecule has 0 rings (SSSR count). The van der Waals surface area contributed by atoms with E-state index < -0.39 is 0 Å². The Morgan fingerprint density at radius 2 is 2.00 bits per heavy atom. The first-order valence-corrected chi connectivity index (χ1v) is 6.67. The minimum Gasteiger partial charge on any atom is -0.345 e. The summed E-state index contributed by atoms with van der Waals surface area (Å²) in [4.78, 5) is 13.7.